The number of aromatic carboxylic acids is 1. The molecule has 0 saturated carbocycles. The van der Waals surface area contributed by atoms with Crippen molar-refractivity contribution in [2.24, 2.45) is 0 Å². The number of halogens is 1. The molecule has 0 aliphatic rings. The molecular formula is C9H10ClNO3. The number of carboxylic acids is 1. The summed E-state index contributed by atoms with van der Waals surface area (Å²) in [6, 6.07) is 1.35. The van der Waals surface area contributed by atoms with E-state index in [0.29, 0.717) is 5.69 Å². The van der Waals surface area contributed by atoms with Crippen molar-refractivity contribution in [1.29, 1.82) is 0 Å². The summed E-state index contributed by atoms with van der Waals surface area (Å²) in [5.41, 5.74) is -0.854. The first-order chi connectivity index (χ1) is 6.32. The van der Waals surface area contributed by atoms with Crippen LogP contribution in [0.5, 0.6) is 0 Å². The van der Waals surface area contributed by atoms with Gasteiger partial charge in [0.05, 0.1) is 16.3 Å². The molecular weight excluding hydrogens is 206 g/mol. The molecule has 0 atom stereocenters. The van der Waals surface area contributed by atoms with Gasteiger partial charge in [-0.1, -0.05) is 11.6 Å². The lowest BCUT2D eigenvalue weighted by atomic mass is 10.0. The van der Waals surface area contributed by atoms with E-state index in [4.69, 9.17) is 16.7 Å². The summed E-state index contributed by atoms with van der Waals surface area (Å²) in [7, 11) is 0. The van der Waals surface area contributed by atoms with E-state index in [9.17, 15) is 9.90 Å². The zero-order chi connectivity index (χ0) is 10.9. The summed E-state index contributed by atoms with van der Waals surface area (Å²) in [6.07, 6.45) is 1.14. The minimum absolute atomic E-state index is 0.0698. The Labute approximate surface area is 86.2 Å². The second-order valence-electron chi connectivity index (χ2n) is 3.41. The number of aliphatic hydroxyl groups is 1. The Hall–Kier alpha value is -1.13. The zero-order valence-corrected chi connectivity index (χ0v) is 8.54. The van der Waals surface area contributed by atoms with Gasteiger partial charge in [-0.05, 0) is 19.9 Å². The van der Waals surface area contributed by atoms with Crippen LogP contribution in [0.4, 0.5) is 0 Å². The van der Waals surface area contributed by atoms with Gasteiger partial charge in [0, 0.05) is 6.20 Å². The predicted octanol–water partition coefficient (Wildman–Crippen LogP) is 1.66. The molecule has 14 heavy (non-hydrogen) atoms. The number of rotatable bonds is 2. The minimum atomic E-state index is -1.13. The number of carboxylic acid groups (broad SMARTS) is 1. The fraction of sp³-hybridized carbons (Fsp3) is 0.333. The van der Waals surface area contributed by atoms with E-state index in [-0.39, 0.29) is 10.6 Å². The molecule has 1 rings (SSSR count). The first kappa shape index (κ1) is 10.9. The van der Waals surface area contributed by atoms with E-state index in [1.807, 2.05) is 0 Å². The summed E-state index contributed by atoms with van der Waals surface area (Å²) >= 11 is 5.70. The van der Waals surface area contributed by atoms with Crippen LogP contribution in [0.15, 0.2) is 12.3 Å². The van der Waals surface area contributed by atoms with Crippen LogP contribution in [0.3, 0.4) is 0 Å². The normalized spacial score (nSPS) is 11.4. The molecule has 4 nitrogen and oxygen atoms in total. The third-order valence-electron chi connectivity index (χ3n) is 1.71. The lowest BCUT2D eigenvalue weighted by Gasteiger charge is -2.16. The van der Waals surface area contributed by atoms with Crippen LogP contribution in [0, 0.1) is 0 Å². The summed E-state index contributed by atoms with van der Waals surface area (Å²) in [4.78, 5) is 14.4. The summed E-state index contributed by atoms with van der Waals surface area (Å²) in [5.74, 6) is -1.13. The van der Waals surface area contributed by atoms with Crippen molar-refractivity contribution in [3.63, 3.8) is 0 Å². The van der Waals surface area contributed by atoms with Crippen molar-refractivity contribution in [3.8, 4) is 0 Å². The fourth-order valence-electron chi connectivity index (χ4n) is 0.923. The average Bonchev–Trinajstić information content (AvgIpc) is 2.01. The first-order valence-electron chi connectivity index (χ1n) is 3.94. The molecule has 0 amide bonds. The molecule has 2 N–H and O–H groups in total. The van der Waals surface area contributed by atoms with Gasteiger partial charge in [0.2, 0.25) is 0 Å². The topological polar surface area (TPSA) is 70.4 Å². The van der Waals surface area contributed by atoms with Crippen LogP contribution in [0.2, 0.25) is 5.02 Å². The lowest BCUT2D eigenvalue weighted by Crippen LogP contribution is -2.18. The number of hydrogen-bond donors (Lipinski definition) is 2. The summed E-state index contributed by atoms with van der Waals surface area (Å²) < 4.78 is 0. The second-order valence-corrected chi connectivity index (χ2v) is 3.82. The molecule has 0 saturated heterocycles. The van der Waals surface area contributed by atoms with Crippen LogP contribution in [-0.2, 0) is 5.60 Å². The number of carbonyl (C=O) groups is 1. The first-order valence-corrected chi connectivity index (χ1v) is 4.32. The Kier molecular flexibility index (Phi) is 2.78. The SMILES string of the molecule is CC(C)(O)c1cc(Cl)c(C(=O)O)cn1. The Morgan fingerprint density at radius 3 is 2.50 bits per heavy atom. The van der Waals surface area contributed by atoms with Gasteiger partial charge >= 0.3 is 5.97 Å². The maximum absolute atomic E-state index is 10.6. The molecule has 76 valence electrons. The molecule has 0 bridgehead atoms. The van der Waals surface area contributed by atoms with Crippen LogP contribution in [-0.4, -0.2) is 21.2 Å². The van der Waals surface area contributed by atoms with E-state index in [1.165, 1.54) is 6.07 Å². The van der Waals surface area contributed by atoms with E-state index < -0.39 is 11.6 Å². The van der Waals surface area contributed by atoms with Crippen LogP contribution >= 0.6 is 11.6 Å². The Morgan fingerprint density at radius 2 is 2.14 bits per heavy atom. The Bertz CT molecular complexity index is 371. The van der Waals surface area contributed by atoms with Gasteiger partial charge in [-0.3, -0.25) is 4.98 Å². The number of aromatic nitrogens is 1. The van der Waals surface area contributed by atoms with Crippen LogP contribution in [0.25, 0.3) is 0 Å². The number of pyridine rings is 1. The number of nitrogens with zero attached hydrogens (tertiary/aromatic N) is 1. The van der Waals surface area contributed by atoms with Gasteiger partial charge in [-0.25, -0.2) is 4.79 Å². The second kappa shape index (κ2) is 3.55. The van der Waals surface area contributed by atoms with Gasteiger partial charge in [0.25, 0.3) is 0 Å². The Balaban J connectivity index is 3.20. The van der Waals surface area contributed by atoms with Crippen molar-refractivity contribution < 1.29 is 15.0 Å². The lowest BCUT2D eigenvalue weighted by molar-refractivity contribution is 0.0684. The molecule has 0 fully saturated rings. The maximum Gasteiger partial charge on any atom is 0.338 e. The highest BCUT2D eigenvalue weighted by molar-refractivity contribution is 6.33. The standard InChI is InChI=1S/C9H10ClNO3/c1-9(2,14)7-3-6(10)5(4-11-7)8(12)13/h3-4,14H,1-2H3,(H,12,13). The average molecular weight is 216 g/mol. The molecule has 0 radical (unpaired) electrons. The molecule has 0 aliphatic carbocycles. The minimum Gasteiger partial charge on any atom is -0.478 e. The molecule has 1 aromatic heterocycles. The van der Waals surface area contributed by atoms with Gasteiger partial charge in [-0.2, -0.15) is 0 Å². The van der Waals surface area contributed by atoms with Crippen molar-refractivity contribution in [1.82, 2.24) is 4.98 Å². The van der Waals surface area contributed by atoms with Gasteiger partial charge in [0.1, 0.15) is 5.60 Å². The third kappa shape index (κ3) is 2.21. The van der Waals surface area contributed by atoms with E-state index >= 15 is 0 Å². The molecule has 0 aliphatic heterocycles. The van der Waals surface area contributed by atoms with E-state index in [2.05, 4.69) is 4.98 Å². The largest absolute Gasteiger partial charge is 0.478 e. The molecule has 0 aromatic carbocycles. The van der Waals surface area contributed by atoms with Gasteiger partial charge in [0.15, 0.2) is 0 Å². The van der Waals surface area contributed by atoms with Crippen LogP contribution < -0.4 is 0 Å². The van der Waals surface area contributed by atoms with Gasteiger partial charge < -0.3 is 10.2 Å². The van der Waals surface area contributed by atoms with Crippen LogP contribution in [0.1, 0.15) is 29.9 Å². The quantitative estimate of drug-likeness (QED) is 0.787. The van der Waals surface area contributed by atoms with E-state index in [1.54, 1.807) is 13.8 Å². The summed E-state index contributed by atoms with van der Waals surface area (Å²) in [5, 5.41) is 18.3. The molecule has 1 aromatic rings. The Morgan fingerprint density at radius 1 is 1.57 bits per heavy atom. The van der Waals surface area contributed by atoms with Gasteiger partial charge in [-0.15, -0.1) is 0 Å². The third-order valence-corrected chi connectivity index (χ3v) is 2.02. The fourth-order valence-corrected chi connectivity index (χ4v) is 1.16. The zero-order valence-electron chi connectivity index (χ0n) is 7.78. The van der Waals surface area contributed by atoms with Crippen molar-refractivity contribution in [2.45, 2.75) is 19.4 Å². The van der Waals surface area contributed by atoms with E-state index in [0.717, 1.165) is 6.20 Å². The molecule has 5 heteroatoms. The van der Waals surface area contributed by atoms with Crippen molar-refractivity contribution in [3.05, 3.63) is 28.5 Å². The molecule has 0 spiro atoms. The summed E-state index contributed by atoms with van der Waals surface area (Å²) in [6.45, 7) is 3.10. The smallest absolute Gasteiger partial charge is 0.338 e. The molecule has 1 heterocycles. The predicted molar refractivity (Wildman–Crippen MR) is 51.5 cm³/mol. The van der Waals surface area contributed by atoms with Crippen molar-refractivity contribution >= 4 is 17.6 Å². The highest BCUT2D eigenvalue weighted by Gasteiger charge is 2.20. The maximum atomic E-state index is 10.6. The number of hydrogen-bond acceptors (Lipinski definition) is 3. The molecule has 0 unspecified atom stereocenters. The van der Waals surface area contributed by atoms with Crippen molar-refractivity contribution in [2.75, 3.05) is 0 Å². The monoisotopic (exact) mass is 215 g/mol. The highest BCUT2D eigenvalue weighted by Crippen LogP contribution is 2.22. The highest BCUT2D eigenvalue weighted by atomic mass is 35.5.